The zero-order chi connectivity index (χ0) is 11.5. The molecule has 1 aliphatic heterocycles. The fourth-order valence-corrected chi connectivity index (χ4v) is 1.99. The van der Waals surface area contributed by atoms with Crippen LogP contribution in [0, 0.1) is 0 Å². The van der Waals surface area contributed by atoms with E-state index in [4.69, 9.17) is 4.74 Å². The molecule has 0 amide bonds. The zero-order valence-corrected chi connectivity index (χ0v) is 9.46. The smallest absolute Gasteiger partial charge is 0.323 e. The lowest BCUT2D eigenvalue weighted by molar-refractivity contribution is -0.146. The third kappa shape index (κ3) is 2.19. The molecule has 16 heavy (non-hydrogen) atoms. The number of rotatable bonds is 3. The van der Waals surface area contributed by atoms with Gasteiger partial charge in [-0.15, -0.1) is 10.2 Å². The first-order chi connectivity index (χ1) is 7.70. The number of tetrazole rings is 1. The summed E-state index contributed by atoms with van der Waals surface area (Å²) in [6, 6.07) is -0.159. The molecule has 1 aromatic heterocycles. The highest BCUT2D eigenvalue weighted by molar-refractivity contribution is 5.75. The summed E-state index contributed by atoms with van der Waals surface area (Å²) in [4.78, 5) is 14.9. The average molecular weight is 225 g/mol. The summed E-state index contributed by atoms with van der Waals surface area (Å²) in [5.74, 6) is 0.458. The number of ether oxygens (including phenoxy) is 1. The van der Waals surface area contributed by atoms with Crippen LogP contribution in [0.5, 0.6) is 0 Å². The van der Waals surface area contributed by atoms with E-state index >= 15 is 0 Å². The highest BCUT2D eigenvalue weighted by Gasteiger charge is 2.32. The summed E-state index contributed by atoms with van der Waals surface area (Å²) in [7, 11) is 3.14. The van der Waals surface area contributed by atoms with Gasteiger partial charge >= 0.3 is 5.97 Å². The first-order valence-electron chi connectivity index (χ1n) is 5.25. The van der Waals surface area contributed by atoms with Crippen molar-refractivity contribution < 1.29 is 9.53 Å². The van der Waals surface area contributed by atoms with Gasteiger partial charge in [0.15, 0.2) is 5.82 Å². The number of carbonyl (C=O) groups is 1. The van der Waals surface area contributed by atoms with E-state index in [0.29, 0.717) is 12.4 Å². The number of esters is 1. The molecule has 1 unspecified atom stereocenters. The molecule has 0 aromatic carbocycles. The number of hydrogen-bond acceptors (Lipinski definition) is 6. The second-order valence-electron chi connectivity index (χ2n) is 3.85. The number of nitrogens with zero attached hydrogens (tertiary/aromatic N) is 5. The van der Waals surface area contributed by atoms with Crippen molar-refractivity contribution in [1.82, 2.24) is 25.1 Å². The quantitative estimate of drug-likeness (QED) is 0.636. The highest BCUT2D eigenvalue weighted by atomic mass is 16.5. The van der Waals surface area contributed by atoms with Crippen LogP contribution < -0.4 is 0 Å². The van der Waals surface area contributed by atoms with Gasteiger partial charge in [-0.2, -0.15) is 4.80 Å². The Morgan fingerprint density at radius 3 is 3.06 bits per heavy atom. The predicted molar refractivity (Wildman–Crippen MR) is 54.2 cm³/mol. The topological polar surface area (TPSA) is 73.1 Å². The predicted octanol–water partition coefficient (Wildman–Crippen LogP) is -0.652. The molecule has 0 aliphatic carbocycles. The molecule has 1 aromatic rings. The lowest BCUT2D eigenvalue weighted by Gasteiger charge is -2.20. The van der Waals surface area contributed by atoms with E-state index in [1.165, 1.54) is 11.9 Å². The molecule has 7 nitrogen and oxygen atoms in total. The summed E-state index contributed by atoms with van der Waals surface area (Å²) in [5.41, 5.74) is 0. The van der Waals surface area contributed by atoms with E-state index in [0.717, 1.165) is 19.4 Å². The minimum absolute atomic E-state index is 0.159. The van der Waals surface area contributed by atoms with Crippen LogP contribution in [-0.2, 0) is 23.1 Å². The Labute approximate surface area is 93.4 Å². The van der Waals surface area contributed by atoms with Gasteiger partial charge in [0.1, 0.15) is 6.04 Å². The Morgan fingerprint density at radius 2 is 2.44 bits per heavy atom. The van der Waals surface area contributed by atoms with Crippen LogP contribution in [0.3, 0.4) is 0 Å². The van der Waals surface area contributed by atoms with E-state index < -0.39 is 0 Å². The Morgan fingerprint density at radius 1 is 1.62 bits per heavy atom. The Balaban J connectivity index is 2.01. The summed E-state index contributed by atoms with van der Waals surface area (Å²) < 4.78 is 4.77. The van der Waals surface area contributed by atoms with Crippen LogP contribution in [-0.4, -0.2) is 50.8 Å². The number of methoxy groups -OCH3 is 1. The van der Waals surface area contributed by atoms with Crippen LogP contribution in [0.15, 0.2) is 0 Å². The van der Waals surface area contributed by atoms with Gasteiger partial charge in [-0.1, -0.05) is 0 Å². The zero-order valence-electron chi connectivity index (χ0n) is 9.46. The monoisotopic (exact) mass is 225 g/mol. The largest absolute Gasteiger partial charge is 0.468 e. The third-order valence-corrected chi connectivity index (χ3v) is 2.73. The van der Waals surface area contributed by atoms with Crippen molar-refractivity contribution in [1.29, 1.82) is 0 Å². The molecule has 1 aliphatic rings. The van der Waals surface area contributed by atoms with Crippen molar-refractivity contribution >= 4 is 5.97 Å². The fraction of sp³-hybridized carbons (Fsp3) is 0.778. The maximum absolute atomic E-state index is 11.5. The lowest BCUT2D eigenvalue weighted by Crippen LogP contribution is -2.36. The highest BCUT2D eigenvalue weighted by Crippen LogP contribution is 2.19. The van der Waals surface area contributed by atoms with Crippen molar-refractivity contribution in [2.24, 2.45) is 7.05 Å². The SMILES string of the molecule is COC(=O)C1CCCN1Cc1nnn(C)n1. The molecule has 1 atom stereocenters. The van der Waals surface area contributed by atoms with Crippen molar-refractivity contribution in [2.45, 2.75) is 25.4 Å². The molecule has 1 saturated heterocycles. The van der Waals surface area contributed by atoms with Gasteiger partial charge in [0.25, 0.3) is 0 Å². The Hall–Kier alpha value is -1.50. The van der Waals surface area contributed by atoms with Crippen molar-refractivity contribution in [3.63, 3.8) is 0 Å². The first-order valence-corrected chi connectivity index (χ1v) is 5.25. The first kappa shape index (κ1) is 11.0. The summed E-state index contributed by atoms with van der Waals surface area (Å²) in [6.07, 6.45) is 1.84. The summed E-state index contributed by atoms with van der Waals surface area (Å²) in [6.45, 7) is 1.42. The fourth-order valence-electron chi connectivity index (χ4n) is 1.99. The maximum atomic E-state index is 11.5. The molecule has 0 radical (unpaired) electrons. The molecule has 2 heterocycles. The Bertz CT molecular complexity index is 378. The number of hydrogen-bond donors (Lipinski definition) is 0. The molecule has 0 N–H and O–H groups in total. The average Bonchev–Trinajstić information content (AvgIpc) is 2.87. The molecule has 2 rings (SSSR count). The summed E-state index contributed by atoms with van der Waals surface area (Å²) in [5, 5.41) is 11.8. The number of aryl methyl sites for hydroxylation is 1. The normalized spacial score (nSPS) is 21.2. The van der Waals surface area contributed by atoms with E-state index in [1.807, 2.05) is 4.90 Å². The van der Waals surface area contributed by atoms with Gasteiger partial charge in [0, 0.05) is 0 Å². The minimum atomic E-state index is -0.179. The van der Waals surface area contributed by atoms with Gasteiger partial charge in [0.05, 0.1) is 20.7 Å². The molecule has 0 saturated carbocycles. The molecule has 7 heteroatoms. The Kier molecular flexibility index (Phi) is 3.14. The summed E-state index contributed by atoms with van der Waals surface area (Å²) >= 11 is 0. The van der Waals surface area contributed by atoms with E-state index in [2.05, 4.69) is 15.4 Å². The number of likely N-dealkylation sites (tertiary alicyclic amines) is 1. The molecule has 1 fully saturated rings. The van der Waals surface area contributed by atoms with Crippen LogP contribution in [0.2, 0.25) is 0 Å². The molecule has 0 spiro atoms. The number of aromatic nitrogens is 4. The minimum Gasteiger partial charge on any atom is -0.468 e. The van der Waals surface area contributed by atoms with E-state index in [1.54, 1.807) is 7.05 Å². The van der Waals surface area contributed by atoms with Crippen LogP contribution in [0.25, 0.3) is 0 Å². The lowest BCUT2D eigenvalue weighted by atomic mass is 10.2. The van der Waals surface area contributed by atoms with E-state index in [9.17, 15) is 4.79 Å². The standard InChI is InChI=1S/C9H15N5O2/c1-13-11-8(10-12-13)6-14-5-3-4-7(14)9(15)16-2/h7H,3-6H2,1-2H3. The van der Waals surface area contributed by atoms with Crippen LogP contribution in [0.4, 0.5) is 0 Å². The maximum Gasteiger partial charge on any atom is 0.323 e. The van der Waals surface area contributed by atoms with Gasteiger partial charge < -0.3 is 4.74 Å². The second-order valence-corrected chi connectivity index (χ2v) is 3.85. The van der Waals surface area contributed by atoms with Gasteiger partial charge in [-0.05, 0) is 24.6 Å². The number of carbonyl (C=O) groups excluding carboxylic acids is 1. The second kappa shape index (κ2) is 4.56. The van der Waals surface area contributed by atoms with Crippen molar-refractivity contribution in [3.8, 4) is 0 Å². The van der Waals surface area contributed by atoms with E-state index in [-0.39, 0.29) is 12.0 Å². The van der Waals surface area contributed by atoms with Gasteiger partial charge in [-0.3, -0.25) is 9.69 Å². The molecular weight excluding hydrogens is 210 g/mol. The van der Waals surface area contributed by atoms with Gasteiger partial charge in [0.2, 0.25) is 0 Å². The van der Waals surface area contributed by atoms with Crippen LogP contribution in [0.1, 0.15) is 18.7 Å². The van der Waals surface area contributed by atoms with Crippen molar-refractivity contribution in [3.05, 3.63) is 5.82 Å². The third-order valence-electron chi connectivity index (χ3n) is 2.73. The van der Waals surface area contributed by atoms with Crippen molar-refractivity contribution in [2.75, 3.05) is 13.7 Å². The van der Waals surface area contributed by atoms with Crippen LogP contribution >= 0.6 is 0 Å². The van der Waals surface area contributed by atoms with Gasteiger partial charge in [-0.25, -0.2) is 0 Å². The molecule has 88 valence electrons. The molecular formula is C9H15N5O2. The molecule has 0 bridgehead atoms.